The van der Waals surface area contributed by atoms with Crippen LogP contribution in [0.2, 0.25) is 0 Å². The van der Waals surface area contributed by atoms with Crippen LogP contribution in [0.15, 0.2) is 24.5 Å². The first-order valence-electron chi connectivity index (χ1n) is 7.13. The zero-order valence-corrected chi connectivity index (χ0v) is 14.0. The number of carbonyl (C=O) groups is 1. The molecule has 138 valence electrons. The third-order valence-corrected chi connectivity index (χ3v) is 3.41. The van der Waals surface area contributed by atoms with E-state index in [1.54, 1.807) is 6.07 Å². The molecule has 0 amide bonds. The van der Waals surface area contributed by atoms with Gasteiger partial charge in [-0.3, -0.25) is 15.1 Å². The second-order valence-electron chi connectivity index (χ2n) is 4.92. The van der Waals surface area contributed by atoms with Crippen molar-refractivity contribution in [2.75, 3.05) is 14.2 Å². The number of aliphatic hydroxyl groups excluding tert-OH is 1. The van der Waals surface area contributed by atoms with Gasteiger partial charge in [-0.15, -0.1) is 0 Å². The summed E-state index contributed by atoms with van der Waals surface area (Å²) >= 11 is 0. The molecule has 0 aliphatic carbocycles. The lowest BCUT2D eigenvalue weighted by molar-refractivity contribution is -0.385. The second-order valence-corrected chi connectivity index (χ2v) is 4.92. The van der Waals surface area contributed by atoms with Crippen LogP contribution in [-0.4, -0.2) is 45.3 Å². The number of carboxylic acids is 1. The van der Waals surface area contributed by atoms with Crippen LogP contribution in [0.4, 0.5) is 5.69 Å². The van der Waals surface area contributed by atoms with Gasteiger partial charge in [-0.05, 0) is 6.07 Å². The van der Waals surface area contributed by atoms with Gasteiger partial charge >= 0.3 is 11.7 Å². The van der Waals surface area contributed by atoms with E-state index in [-0.39, 0.29) is 34.0 Å². The van der Waals surface area contributed by atoms with E-state index in [1.807, 2.05) is 0 Å². The number of nitro benzene ring substituents is 1. The monoisotopic (exact) mass is 372 g/mol. The number of hydrogen-bond acceptors (Lipinski definition) is 9. The number of ether oxygens (including phenoxy) is 2. The minimum absolute atomic E-state index is 0.0298. The van der Waals surface area contributed by atoms with Crippen LogP contribution in [0.3, 0.4) is 0 Å². The minimum Gasteiger partial charge on any atom is -0.506 e. The van der Waals surface area contributed by atoms with Gasteiger partial charge in [0.15, 0.2) is 11.4 Å². The number of nitrogens with zero attached hydrogens (tertiary/aromatic N) is 4. The molecule has 2 aromatic rings. The van der Waals surface area contributed by atoms with Crippen LogP contribution in [0.5, 0.6) is 11.5 Å². The van der Waals surface area contributed by atoms with E-state index in [9.17, 15) is 25.3 Å². The summed E-state index contributed by atoms with van der Waals surface area (Å²) in [6, 6.07) is 3.97. The van der Waals surface area contributed by atoms with E-state index in [1.165, 1.54) is 20.3 Å². The molecular formula is C16H12N4O7. The van der Waals surface area contributed by atoms with Gasteiger partial charge in [0.1, 0.15) is 23.1 Å². The quantitative estimate of drug-likeness (QED) is 0.331. The number of aromatic nitrogens is 2. The van der Waals surface area contributed by atoms with E-state index in [0.29, 0.717) is 0 Å². The molecule has 11 heteroatoms. The van der Waals surface area contributed by atoms with Crippen LogP contribution in [0.25, 0.3) is 11.3 Å². The molecule has 2 rings (SSSR count). The van der Waals surface area contributed by atoms with Gasteiger partial charge in [-0.1, -0.05) is 0 Å². The molecule has 11 nitrogen and oxygen atoms in total. The Bertz CT molecular complexity index is 977. The standard InChI is InChI=1S/C16H12N4O7/c1-26-13-4-8(3-12(20(24)25)15(13)27-2)14(21)9(5-17)10-6-19-11(7-18-10)16(22)23/h3-4,6-7,21H,1-2H3,(H,22,23). The van der Waals surface area contributed by atoms with Gasteiger partial charge in [-0.25, -0.2) is 9.78 Å². The topological polar surface area (TPSA) is 169 Å². The summed E-state index contributed by atoms with van der Waals surface area (Å²) in [5.74, 6) is -2.11. The summed E-state index contributed by atoms with van der Waals surface area (Å²) in [6.07, 6.45) is 1.91. The highest BCUT2D eigenvalue weighted by Gasteiger charge is 2.24. The number of aromatic carboxylic acids is 1. The molecule has 0 saturated heterocycles. The Morgan fingerprint density at radius 3 is 2.26 bits per heavy atom. The summed E-state index contributed by atoms with van der Waals surface area (Å²) < 4.78 is 10.0. The number of methoxy groups -OCH3 is 2. The zero-order chi connectivity index (χ0) is 20.1. The first-order chi connectivity index (χ1) is 12.8. The molecule has 1 aromatic heterocycles. The highest BCUT2D eigenvalue weighted by molar-refractivity contribution is 5.94. The summed E-state index contributed by atoms with van der Waals surface area (Å²) in [4.78, 5) is 28.8. The largest absolute Gasteiger partial charge is 0.506 e. The molecule has 1 heterocycles. The van der Waals surface area contributed by atoms with E-state index >= 15 is 0 Å². The fourth-order valence-corrected chi connectivity index (χ4v) is 2.16. The van der Waals surface area contributed by atoms with Gasteiger partial charge in [0, 0.05) is 11.6 Å². The van der Waals surface area contributed by atoms with Crippen molar-refractivity contribution in [1.29, 1.82) is 5.26 Å². The van der Waals surface area contributed by atoms with Crippen molar-refractivity contribution in [3.8, 4) is 17.6 Å². The molecular weight excluding hydrogens is 360 g/mol. The lowest BCUT2D eigenvalue weighted by Gasteiger charge is -2.11. The van der Waals surface area contributed by atoms with Crippen molar-refractivity contribution < 1.29 is 29.4 Å². The predicted octanol–water partition coefficient (Wildman–Crippen LogP) is 2.05. The Kier molecular flexibility index (Phi) is 5.52. The Balaban J connectivity index is 2.66. The van der Waals surface area contributed by atoms with E-state index < -0.39 is 22.3 Å². The Labute approximate surface area is 151 Å². The molecule has 0 spiro atoms. The molecule has 0 atom stereocenters. The Morgan fingerprint density at radius 2 is 1.81 bits per heavy atom. The molecule has 0 fully saturated rings. The maximum Gasteiger partial charge on any atom is 0.356 e. The average Bonchev–Trinajstić information content (AvgIpc) is 2.67. The molecule has 0 aliphatic heterocycles. The number of nitriles is 1. The number of aliphatic hydroxyl groups is 1. The maximum atomic E-state index is 11.3. The number of benzene rings is 1. The number of hydrogen-bond donors (Lipinski definition) is 2. The lowest BCUT2D eigenvalue weighted by Crippen LogP contribution is -2.03. The maximum absolute atomic E-state index is 11.3. The van der Waals surface area contributed by atoms with Gasteiger partial charge in [0.05, 0.1) is 31.5 Å². The number of rotatable bonds is 6. The fraction of sp³-hybridized carbons (Fsp3) is 0.125. The van der Waals surface area contributed by atoms with Crippen LogP contribution in [0, 0.1) is 21.4 Å². The van der Waals surface area contributed by atoms with Crippen LogP contribution in [-0.2, 0) is 0 Å². The van der Waals surface area contributed by atoms with Gasteiger partial charge < -0.3 is 19.7 Å². The van der Waals surface area contributed by atoms with Crippen molar-refractivity contribution in [3.63, 3.8) is 0 Å². The normalized spacial score (nSPS) is 11.1. The SMILES string of the molecule is COc1cc(C(O)=C(C#N)c2cnc(C(=O)O)cn2)cc([N+](=O)[O-])c1OC. The second kappa shape index (κ2) is 7.79. The van der Waals surface area contributed by atoms with E-state index in [4.69, 9.17) is 14.6 Å². The summed E-state index contributed by atoms with van der Waals surface area (Å²) in [7, 11) is 2.48. The Morgan fingerprint density at radius 1 is 1.19 bits per heavy atom. The molecule has 2 N–H and O–H groups in total. The van der Waals surface area contributed by atoms with E-state index in [2.05, 4.69) is 9.97 Å². The summed E-state index contributed by atoms with van der Waals surface area (Å²) in [6.45, 7) is 0. The average molecular weight is 372 g/mol. The number of carboxylic acid groups (broad SMARTS) is 1. The smallest absolute Gasteiger partial charge is 0.356 e. The zero-order valence-electron chi connectivity index (χ0n) is 14.0. The van der Waals surface area contributed by atoms with Crippen molar-refractivity contribution >= 4 is 23.0 Å². The third kappa shape index (κ3) is 3.74. The van der Waals surface area contributed by atoms with E-state index in [0.717, 1.165) is 18.5 Å². The van der Waals surface area contributed by atoms with Crippen molar-refractivity contribution in [2.45, 2.75) is 0 Å². The van der Waals surface area contributed by atoms with Gasteiger partial charge in [-0.2, -0.15) is 5.26 Å². The summed E-state index contributed by atoms with van der Waals surface area (Å²) in [5.41, 5.74) is -1.40. The fourth-order valence-electron chi connectivity index (χ4n) is 2.16. The van der Waals surface area contributed by atoms with Crippen molar-refractivity contribution in [3.05, 3.63) is 51.6 Å². The van der Waals surface area contributed by atoms with Crippen molar-refractivity contribution in [1.82, 2.24) is 9.97 Å². The number of nitro groups is 1. The predicted molar refractivity (Wildman–Crippen MR) is 90.2 cm³/mol. The third-order valence-electron chi connectivity index (χ3n) is 3.41. The van der Waals surface area contributed by atoms with Gasteiger partial charge in [0.25, 0.3) is 0 Å². The molecule has 27 heavy (non-hydrogen) atoms. The molecule has 0 bridgehead atoms. The highest BCUT2D eigenvalue weighted by Crippen LogP contribution is 2.40. The van der Waals surface area contributed by atoms with Crippen molar-refractivity contribution in [2.24, 2.45) is 0 Å². The molecule has 1 aromatic carbocycles. The highest BCUT2D eigenvalue weighted by atomic mass is 16.6. The van der Waals surface area contributed by atoms with Gasteiger partial charge in [0.2, 0.25) is 5.75 Å². The minimum atomic E-state index is -1.31. The van der Waals surface area contributed by atoms with Crippen LogP contribution in [0.1, 0.15) is 21.7 Å². The molecule has 0 aliphatic rings. The number of allylic oxidation sites excluding steroid dienone is 1. The summed E-state index contributed by atoms with van der Waals surface area (Å²) in [5, 5.41) is 39.9. The first-order valence-corrected chi connectivity index (χ1v) is 7.13. The van der Waals surface area contributed by atoms with Crippen LogP contribution >= 0.6 is 0 Å². The molecule has 0 saturated carbocycles. The Hall–Kier alpha value is -4.20. The molecule has 0 radical (unpaired) electrons. The first kappa shape index (κ1) is 19.1. The molecule has 0 unspecified atom stereocenters. The lowest BCUT2D eigenvalue weighted by atomic mass is 10.1. The van der Waals surface area contributed by atoms with Crippen LogP contribution < -0.4 is 9.47 Å².